The van der Waals surface area contributed by atoms with Crippen molar-refractivity contribution in [3.8, 4) is 0 Å². The number of urea groups is 1. The van der Waals surface area contributed by atoms with Crippen LogP contribution >= 0.6 is 0 Å². The van der Waals surface area contributed by atoms with Crippen molar-refractivity contribution in [2.75, 3.05) is 50.7 Å². The Morgan fingerprint density at radius 1 is 1.12 bits per heavy atom. The first-order chi connectivity index (χ1) is 12.5. The van der Waals surface area contributed by atoms with E-state index in [4.69, 9.17) is 5.73 Å². The third-order valence-electron chi connectivity index (χ3n) is 5.19. The van der Waals surface area contributed by atoms with E-state index in [0.717, 1.165) is 51.3 Å². The van der Waals surface area contributed by atoms with Gasteiger partial charge in [0.1, 0.15) is 5.82 Å². The summed E-state index contributed by atoms with van der Waals surface area (Å²) in [5.41, 5.74) is 6.07. The average molecular weight is 363 g/mol. The third kappa shape index (κ3) is 4.63. The molecule has 0 unspecified atom stereocenters. The first-order valence-electron chi connectivity index (χ1n) is 9.08. The first kappa shape index (κ1) is 18.4. The summed E-state index contributed by atoms with van der Waals surface area (Å²) >= 11 is 0. The number of piperazine rings is 1. The number of amides is 3. The molecule has 3 rings (SSSR count). The maximum absolute atomic E-state index is 13.1. The number of anilines is 1. The highest BCUT2D eigenvalue weighted by Crippen LogP contribution is 2.21. The number of hydrogen-bond donors (Lipinski definition) is 2. The summed E-state index contributed by atoms with van der Waals surface area (Å²) in [5, 5.41) is 2.37. The molecule has 0 bridgehead atoms. The maximum Gasteiger partial charge on any atom is 0.312 e. The van der Waals surface area contributed by atoms with Crippen molar-refractivity contribution in [2.45, 2.75) is 18.9 Å². The van der Waals surface area contributed by atoms with E-state index in [1.165, 1.54) is 12.1 Å². The molecule has 2 heterocycles. The fourth-order valence-corrected chi connectivity index (χ4v) is 3.75. The predicted molar refractivity (Wildman–Crippen MR) is 97.4 cm³/mol. The molecule has 1 aromatic rings. The van der Waals surface area contributed by atoms with Crippen LogP contribution in [-0.4, -0.2) is 73.6 Å². The number of carbonyl (C=O) groups excluding carboxylic acids is 2. The normalized spacial score (nSPS) is 21.5. The Morgan fingerprint density at radius 2 is 1.81 bits per heavy atom. The largest absolute Gasteiger partial charge is 0.369 e. The fourth-order valence-electron chi connectivity index (χ4n) is 3.75. The zero-order valence-corrected chi connectivity index (χ0v) is 14.9. The highest BCUT2D eigenvalue weighted by Gasteiger charge is 2.30. The lowest BCUT2D eigenvalue weighted by molar-refractivity contribution is -0.132. The molecular formula is C18H26FN5O2. The second-order valence-electron chi connectivity index (χ2n) is 6.85. The van der Waals surface area contributed by atoms with Crippen LogP contribution in [0.2, 0.25) is 0 Å². The lowest BCUT2D eigenvalue weighted by atomic mass is 10.0. The number of carbonyl (C=O) groups is 2. The molecule has 2 fully saturated rings. The Hall–Kier alpha value is -2.35. The molecule has 3 amide bonds. The van der Waals surface area contributed by atoms with Gasteiger partial charge < -0.3 is 20.9 Å². The minimum atomic E-state index is -0.677. The van der Waals surface area contributed by atoms with Gasteiger partial charge in [-0.3, -0.25) is 9.69 Å². The summed E-state index contributed by atoms with van der Waals surface area (Å²) in [6.07, 6.45) is 2.04. The van der Waals surface area contributed by atoms with Gasteiger partial charge in [-0.1, -0.05) is 0 Å². The Morgan fingerprint density at radius 3 is 2.46 bits per heavy atom. The van der Waals surface area contributed by atoms with Crippen LogP contribution in [0.4, 0.5) is 14.9 Å². The van der Waals surface area contributed by atoms with Crippen LogP contribution in [0.3, 0.4) is 0 Å². The number of nitrogens with two attached hydrogens (primary N) is 1. The quantitative estimate of drug-likeness (QED) is 0.821. The average Bonchev–Trinajstić information content (AvgIpc) is 2.67. The van der Waals surface area contributed by atoms with Crippen LogP contribution < -0.4 is 16.0 Å². The lowest BCUT2D eigenvalue weighted by Gasteiger charge is -2.44. The van der Waals surface area contributed by atoms with Crippen LogP contribution in [0.15, 0.2) is 24.3 Å². The van der Waals surface area contributed by atoms with Gasteiger partial charge in [-0.15, -0.1) is 0 Å². The van der Waals surface area contributed by atoms with E-state index in [-0.39, 0.29) is 18.3 Å². The Bertz CT molecular complexity index is 631. The molecule has 1 aromatic carbocycles. The van der Waals surface area contributed by atoms with Crippen LogP contribution in [-0.2, 0) is 4.79 Å². The Labute approximate surface area is 152 Å². The summed E-state index contributed by atoms with van der Waals surface area (Å²) < 4.78 is 13.1. The number of nitrogens with one attached hydrogen (secondary N) is 1. The summed E-state index contributed by atoms with van der Waals surface area (Å²) in [6, 6.07) is 6.29. The zero-order chi connectivity index (χ0) is 18.5. The first-order valence-corrected chi connectivity index (χ1v) is 9.08. The van der Waals surface area contributed by atoms with Crippen LogP contribution in [0, 0.1) is 5.82 Å². The second-order valence-corrected chi connectivity index (χ2v) is 6.85. The number of piperidine rings is 1. The number of primary amides is 1. The molecule has 2 aliphatic rings. The monoisotopic (exact) mass is 363 g/mol. The molecule has 26 heavy (non-hydrogen) atoms. The van der Waals surface area contributed by atoms with E-state index >= 15 is 0 Å². The van der Waals surface area contributed by atoms with E-state index in [2.05, 4.69) is 15.1 Å². The van der Waals surface area contributed by atoms with Gasteiger partial charge in [0.2, 0.25) is 5.91 Å². The molecule has 0 aromatic heterocycles. The van der Waals surface area contributed by atoms with Crippen molar-refractivity contribution >= 4 is 17.6 Å². The summed E-state index contributed by atoms with van der Waals surface area (Å²) in [4.78, 5) is 29.5. The topological polar surface area (TPSA) is 81.9 Å². The minimum Gasteiger partial charge on any atom is -0.369 e. The summed E-state index contributed by atoms with van der Waals surface area (Å²) in [5.74, 6) is -0.302. The van der Waals surface area contributed by atoms with Gasteiger partial charge in [-0.2, -0.15) is 0 Å². The van der Waals surface area contributed by atoms with E-state index in [1.54, 1.807) is 0 Å². The SMILES string of the molecule is NC(=O)NCC(=O)N1CCC[C@H](N2CCN(c3ccc(F)cc3)CC2)C1. The highest BCUT2D eigenvalue weighted by molar-refractivity contribution is 5.83. The van der Waals surface area contributed by atoms with E-state index in [1.807, 2.05) is 17.0 Å². The van der Waals surface area contributed by atoms with Gasteiger partial charge in [0.05, 0.1) is 6.54 Å². The highest BCUT2D eigenvalue weighted by atomic mass is 19.1. The number of hydrogen-bond acceptors (Lipinski definition) is 4. The van der Waals surface area contributed by atoms with Crippen LogP contribution in [0.1, 0.15) is 12.8 Å². The van der Waals surface area contributed by atoms with E-state index in [9.17, 15) is 14.0 Å². The van der Waals surface area contributed by atoms with Gasteiger partial charge in [-0.05, 0) is 37.1 Å². The number of rotatable bonds is 4. The molecule has 2 saturated heterocycles. The number of halogens is 1. The summed E-state index contributed by atoms with van der Waals surface area (Å²) in [7, 11) is 0. The molecule has 0 spiro atoms. The van der Waals surface area contributed by atoms with Crippen molar-refractivity contribution in [1.82, 2.24) is 15.1 Å². The molecule has 1 atom stereocenters. The molecule has 0 aliphatic carbocycles. The van der Waals surface area contributed by atoms with Gasteiger partial charge >= 0.3 is 6.03 Å². The smallest absolute Gasteiger partial charge is 0.312 e. The molecule has 3 N–H and O–H groups in total. The van der Waals surface area contributed by atoms with Gasteiger partial charge in [-0.25, -0.2) is 9.18 Å². The van der Waals surface area contributed by atoms with Crippen LogP contribution in [0.25, 0.3) is 0 Å². The van der Waals surface area contributed by atoms with E-state index in [0.29, 0.717) is 12.6 Å². The fraction of sp³-hybridized carbons (Fsp3) is 0.556. The standard InChI is InChI=1S/C18H26FN5O2/c19-14-3-5-15(6-4-14)22-8-10-23(11-9-22)16-2-1-7-24(13-16)17(25)12-21-18(20)26/h3-6,16H,1-2,7-13H2,(H3,20,21,26)/t16-/m0/s1. The van der Waals surface area contributed by atoms with Crippen molar-refractivity contribution in [3.63, 3.8) is 0 Å². The van der Waals surface area contributed by atoms with Crippen molar-refractivity contribution < 1.29 is 14.0 Å². The lowest BCUT2D eigenvalue weighted by Crippen LogP contribution is -2.56. The molecule has 142 valence electrons. The molecular weight excluding hydrogens is 337 g/mol. The van der Waals surface area contributed by atoms with Gasteiger partial charge in [0.25, 0.3) is 0 Å². The Balaban J connectivity index is 1.50. The second kappa shape index (κ2) is 8.35. The minimum absolute atomic E-state index is 0.0413. The number of benzene rings is 1. The van der Waals surface area contributed by atoms with Crippen molar-refractivity contribution in [1.29, 1.82) is 0 Å². The van der Waals surface area contributed by atoms with Crippen molar-refractivity contribution in [2.24, 2.45) is 5.73 Å². The number of likely N-dealkylation sites (tertiary alicyclic amines) is 1. The van der Waals surface area contributed by atoms with E-state index < -0.39 is 6.03 Å². The van der Waals surface area contributed by atoms with Gasteiger partial charge in [0.15, 0.2) is 0 Å². The molecule has 7 nitrogen and oxygen atoms in total. The van der Waals surface area contributed by atoms with Crippen LogP contribution in [0.5, 0.6) is 0 Å². The molecule has 0 saturated carbocycles. The molecule has 8 heteroatoms. The van der Waals surface area contributed by atoms with Crippen molar-refractivity contribution in [3.05, 3.63) is 30.1 Å². The third-order valence-corrected chi connectivity index (χ3v) is 5.19. The predicted octanol–water partition coefficient (Wildman–Crippen LogP) is 0.607. The summed E-state index contributed by atoms with van der Waals surface area (Å²) in [6.45, 7) is 4.99. The molecule has 2 aliphatic heterocycles. The maximum atomic E-state index is 13.1. The number of nitrogens with zero attached hydrogens (tertiary/aromatic N) is 3. The molecule has 0 radical (unpaired) electrons. The Kier molecular flexibility index (Phi) is 5.92. The zero-order valence-electron chi connectivity index (χ0n) is 14.9. The van der Waals surface area contributed by atoms with Gasteiger partial charge in [0, 0.05) is 51.0 Å².